The fourth-order valence-corrected chi connectivity index (χ4v) is 8.14. The summed E-state index contributed by atoms with van der Waals surface area (Å²) in [4.78, 5) is 8.59. The van der Waals surface area contributed by atoms with Crippen LogP contribution in [0.3, 0.4) is 0 Å². The molecule has 3 aromatic rings. The van der Waals surface area contributed by atoms with Gasteiger partial charge in [-0.25, -0.2) is 17.7 Å². The van der Waals surface area contributed by atoms with Crippen LogP contribution < -0.4 is 0 Å². The van der Waals surface area contributed by atoms with E-state index >= 15 is 0 Å². The number of nitrogens with one attached hydrogen (secondary N) is 1. The van der Waals surface area contributed by atoms with Gasteiger partial charge in [-0.1, -0.05) is 59.6 Å². The molecule has 1 N–H and O–H groups in total. The summed E-state index contributed by atoms with van der Waals surface area (Å²) in [6.45, 7) is 4.48. The Hall–Kier alpha value is -2.89. The van der Waals surface area contributed by atoms with E-state index in [0.717, 1.165) is 59.3 Å². The number of aromatic nitrogens is 2. The minimum Gasteiger partial charge on any atom is -0.341 e. The van der Waals surface area contributed by atoms with Crippen LogP contribution >= 0.6 is 23.2 Å². The van der Waals surface area contributed by atoms with Crippen molar-refractivity contribution in [2.75, 3.05) is 13.1 Å². The van der Waals surface area contributed by atoms with Crippen molar-refractivity contribution in [1.29, 1.82) is 5.26 Å². The average molecular weight is 594 g/mol. The third-order valence-electron chi connectivity index (χ3n) is 8.90. The minimum atomic E-state index is -3.31. The van der Waals surface area contributed by atoms with Crippen molar-refractivity contribution in [1.82, 2.24) is 14.3 Å². The third kappa shape index (κ3) is 4.33. The van der Waals surface area contributed by atoms with E-state index in [9.17, 15) is 13.7 Å². The number of halogens is 2. The number of benzene rings is 2. The van der Waals surface area contributed by atoms with Gasteiger partial charge in [-0.3, -0.25) is 0 Å². The van der Waals surface area contributed by atoms with Crippen molar-refractivity contribution >= 4 is 49.8 Å². The molecular formula is C31H30Cl2N4O2S. The predicted octanol–water partition coefficient (Wildman–Crippen LogP) is 7.17. The molecule has 1 spiro atoms. The molecule has 2 fully saturated rings. The molecule has 2 aliphatic carbocycles. The van der Waals surface area contributed by atoms with Crippen molar-refractivity contribution in [3.63, 3.8) is 0 Å². The van der Waals surface area contributed by atoms with E-state index in [-0.39, 0.29) is 5.41 Å². The van der Waals surface area contributed by atoms with Gasteiger partial charge in [-0.2, -0.15) is 5.26 Å². The number of fused-ring (bicyclic) bond motifs is 1. The molecule has 40 heavy (non-hydrogen) atoms. The molecule has 2 aromatic carbocycles. The molecule has 0 bridgehead atoms. The Bertz CT molecular complexity index is 1720. The standard InChI is InChI=1S/C31H30Cl2N4O2S/c1-20(2)40(38,39)37-13-11-30(12-14-37)19-31(30,29-35-27-16-25(32)26(33)17-28(27)36-29)24-8-4-6-22(9-10-24)23-7-3-5-21(15-23)18-34/h3-5,7-10,15-17,20H,6,11-14,19H2,1-2H3,(H,35,36). The van der Waals surface area contributed by atoms with Gasteiger partial charge in [0.15, 0.2) is 0 Å². The highest BCUT2D eigenvalue weighted by atomic mass is 35.5. The Morgan fingerprint density at radius 2 is 1.85 bits per heavy atom. The Kier molecular flexibility index (Phi) is 6.74. The zero-order valence-corrected chi connectivity index (χ0v) is 24.7. The predicted molar refractivity (Wildman–Crippen MR) is 161 cm³/mol. The highest BCUT2D eigenvalue weighted by molar-refractivity contribution is 7.89. The Balaban J connectivity index is 1.43. The number of sulfonamides is 1. The highest BCUT2D eigenvalue weighted by Crippen LogP contribution is 2.72. The summed E-state index contributed by atoms with van der Waals surface area (Å²) in [7, 11) is -3.31. The monoisotopic (exact) mass is 592 g/mol. The Labute approximate surface area is 245 Å². The SMILES string of the molecule is CC(C)S(=O)(=O)N1CCC2(CC1)CC2(C1=CC=C(c2cccc(C#N)c2)CC=C1)c1nc2cc(Cl)c(Cl)cc2[nH]1. The van der Waals surface area contributed by atoms with Crippen LogP contribution in [-0.2, 0) is 15.4 Å². The fourth-order valence-electron chi connectivity index (χ4n) is 6.53. The lowest BCUT2D eigenvalue weighted by molar-refractivity contribution is 0.235. The van der Waals surface area contributed by atoms with Gasteiger partial charge in [0.05, 0.1) is 43.4 Å². The van der Waals surface area contributed by atoms with Crippen LogP contribution in [-0.4, -0.2) is 41.0 Å². The molecule has 206 valence electrons. The van der Waals surface area contributed by atoms with Crippen molar-refractivity contribution in [3.05, 3.63) is 93.3 Å². The van der Waals surface area contributed by atoms with Gasteiger partial charge in [0.1, 0.15) is 5.82 Å². The number of imidazole rings is 1. The van der Waals surface area contributed by atoms with E-state index in [2.05, 4.69) is 35.4 Å². The first-order chi connectivity index (χ1) is 19.1. The summed E-state index contributed by atoms with van der Waals surface area (Å²) < 4.78 is 27.5. The summed E-state index contributed by atoms with van der Waals surface area (Å²) in [5.74, 6) is 0.861. The topological polar surface area (TPSA) is 89.8 Å². The van der Waals surface area contributed by atoms with E-state index < -0.39 is 20.7 Å². The molecule has 6 nitrogen and oxygen atoms in total. The second kappa shape index (κ2) is 9.88. The van der Waals surface area contributed by atoms with Crippen molar-refractivity contribution in [3.8, 4) is 6.07 Å². The van der Waals surface area contributed by atoms with Gasteiger partial charge in [0.2, 0.25) is 10.0 Å². The number of piperidine rings is 1. The average Bonchev–Trinajstić information content (AvgIpc) is 3.50. The van der Waals surface area contributed by atoms with Gasteiger partial charge in [-0.15, -0.1) is 0 Å². The van der Waals surface area contributed by atoms with Crippen LogP contribution in [0.15, 0.2) is 66.3 Å². The van der Waals surface area contributed by atoms with Crippen molar-refractivity contribution in [2.24, 2.45) is 5.41 Å². The third-order valence-corrected chi connectivity index (χ3v) is 11.9. The van der Waals surface area contributed by atoms with E-state index in [1.807, 2.05) is 30.3 Å². The quantitative estimate of drug-likeness (QED) is 0.340. The molecule has 1 atom stereocenters. The van der Waals surface area contributed by atoms with Crippen LogP contribution in [0.25, 0.3) is 16.6 Å². The number of hydrogen-bond acceptors (Lipinski definition) is 4. The van der Waals surface area contributed by atoms with Gasteiger partial charge < -0.3 is 4.98 Å². The molecule has 1 aliphatic heterocycles. The van der Waals surface area contributed by atoms with Crippen LogP contribution in [0, 0.1) is 16.7 Å². The molecule has 1 saturated heterocycles. The van der Waals surface area contributed by atoms with E-state index in [0.29, 0.717) is 28.7 Å². The molecule has 3 aliphatic rings. The van der Waals surface area contributed by atoms with E-state index in [1.54, 1.807) is 24.2 Å². The summed E-state index contributed by atoms with van der Waals surface area (Å²) in [5.41, 5.74) is 5.02. The van der Waals surface area contributed by atoms with Crippen LogP contribution in [0.5, 0.6) is 0 Å². The molecule has 1 saturated carbocycles. The second-order valence-corrected chi connectivity index (χ2v) is 14.6. The normalized spacial score (nSPS) is 22.7. The summed E-state index contributed by atoms with van der Waals surface area (Å²) in [5, 5.41) is 9.86. The zero-order valence-electron chi connectivity index (χ0n) is 22.4. The lowest BCUT2D eigenvalue weighted by Gasteiger charge is -2.35. The second-order valence-electron chi connectivity index (χ2n) is 11.3. The number of hydrogen-bond donors (Lipinski definition) is 1. The molecule has 2 heterocycles. The van der Waals surface area contributed by atoms with Crippen LogP contribution in [0.1, 0.15) is 56.5 Å². The van der Waals surface area contributed by atoms with Gasteiger partial charge in [-0.05, 0) is 85.9 Å². The van der Waals surface area contributed by atoms with Gasteiger partial charge in [0.25, 0.3) is 0 Å². The number of aromatic amines is 1. The molecule has 1 aromatic heterocycles. The van der Waals surface area contributed by atoms with Crippen molar-refractivity contribution in [2.45, 2.75) is 50.2 Å². The molecule has 9 heteroatoms. The lowest BCUT2D eigenvalue weighted by Crippen LogP contribution is -2.44. The summed E-state index contributed by atoms with van der Waals surface area (Å²) in [6, 6.07) is 13.5. The first-order valence-electron chi connectivity index (χ1n) is 13.5. The molecule has 1 unspecified atom stereocenters. The summed E-state index contributed by atoms with van der Waals surface area (Å²) >= 11 is 12.6. The van der Waals surface area contributed by atoms with Crippen molar-refractivity contribution < 1.29 is 8.42 Å². The number of H-pyrrole nitrogens is 1. The van der Waals surface area contributed by atoms with E-state index in [1.165, 1.54) is 0 Å². The minimum absolute atomic E-state index is 0.118. The maximum atomic E-state index is 12.9. The summed E-state index contributed by atoms with van der Waals surface area (Å²) in [6.07, 6.45) is 11.8. The molecule has 6 rings (SSSR count). The number of rotatable bonds is 5. The first kappa shape index (κ1) is 27.3. The van der Waals surface area contributed by atoms with Gasteiger partial charge >= 0.3 is 0 Å². The van der Waals surface area contributed by atoms with E-state index in [4.69, 9.17) is 28.2 Å². The van der Waals surface area contributed by atoms with Gasteiger partial charge in [0, 0.05) is 13.1 Å². The first-order valence-corrected chi connectivity index (χ1v) is 15.8. The largest absolute Gasteiger partial charge is 0.341 e. The maximum Gasteiger partial charge on any atom is 0.216 e. The fraction of sp³-hybridized carbons (Fsp3) is 0.355. The zero-order chi connectivity index (χ0) is 28.3. The maximum absolute atomic E-state index is 12.9. The van der Waals surface area contributed by atoms with Crippen LogP contribution in [0.4, 0.5) is 0 Å². The Morgan fingerprint density at radius 3 is 2.58 bits per heavy atom. The smallest absolute Gasteiger partial charge is 0.216 e. The van der Waals surface area contributed by atoms with Crippen LogP contribution in [0.2, 0.25) is 10.0 Å². The molecular weight excluding hydrogens is 563 g/mol. The number of allylic oxidation sites excluding steroid dienone is 6. The molecule has 0 amide bonds. The number of nitriles is 1. The highest BCUT2D eigenvalue weighted by Gasteiger charge is 2.71. The Morgan fingerprint density at radius 1 is 1.10 bits per heavy atom. The molecule has 0 radical (unpaired) electrons. The number of nitrogens with zero attached hydrogens (tertiary/aromatic N) is 3. The lowest BCUT2D eigenvalue weighted by atomic mass is 9.79.